The maximum absolute atomic E-state index is 4.82. The molecule has 6 heteroatoms. The Bertz CT molecular complexity index is 865. The molecule has 26 heavy (non-hydrogen) atoms. The first kappa shape index (κ1) is 16.7. The molecule has 1 N–H and O–H groups in total. The van der Waals surface area contributed by atoms with Gasteiger partial charge in [0.25, 0.3) is 0 Å². The third-order valence-corrected chi connectivity index (χ3v) is 4.72. The van der Waals surface area contributed by atoms with E-state index in [0.717, 1.165) is 61.4 Å². The largest absolute Gasteiger partial charge is 0.354 e. The minimum Gasteiger partial charge on any atom is -0.354 e. The molecule has 134 valence electrons. The maximum atomic E-state index is 4.82. The van der Waals surface area contributed by atoms with Gasteiger partial charge in [-0.15, -0.1) is 0 Å². The van der Waals surface area contributed by atoms with Crippen molar-refractivity contribution in [1.82, 2.24) is 24.8 Å². The summed E-state index contributed by atoms with van der Waals surface area (Å²) >= 11 is 0. The standard InChI is InChI=1S/C20H24N6/c1-15-12-19(24-20(22-15)17-6-4-3-5-7-17)26-10-8-25(9-11-26)14-18-13-21-16(2)23-18/h3-7,12-13H,8-11,14H2,1-2H3,(H,21,23). The number of aryl methyl sites for hydroxylation is 2. The van der Waals surface area contributed by atoms with E-state index in [4.69, 9.17) is 4.98 Å². The lowest BCUT2D eigenvalue weighted by Gasteiger charge is -2.35. The predicted octanol–water partition coefficient (Wildman–Crippen LogP) is 2.81. The smallest absolute Gasteiger partial charge is 0.161 e. The number of anilines is 1. The third-order valence-electron chi connectivity index (χ3n) is 4.72. The first-order chi connectivity index (χ1) is 12.7. The quantitative estimate of drug-likeness (QED) is 0.786. The van der Waals surface area contributed by atoms with Crippen LogP contribution in [0.5, 0.6) is 0 Å². The fraction of sp³-hybridized carbons (Fsp3) is 0.350. The highest BCUT2D eigenvalue weighted by Gasteiger charge is 2.19. The average molecular weight is 348 g/mol. The summed E-state index contributed by atoms with van der Waals surface area (Å²) in [5.74, 6) is 2.80. The van der Waals surface area contributed by atoms with Gasteiger partial charge in [0, 0.05) is 61.9 Å². The van der Waals surface area contributed by atoms with Crippen molar-refractivity contribution >= 4 is 5.82 Å². The van der Waals surface area contributed by atoms with Crippen molar-refractivity contribution in [3.8, 4) is 11.4 Å². The van der Waals surface area contributed by atoms with E-state index in [1.807, 2.05) is 38.2 Å². The minimum absolute atomic E-state index is 0.802. The van der Waals surface area contributed by atoms with Crippen LogP contribution in [0.15, 0.2) is 42.6 Å². The summed E-state index contributed by atoms with van der Waals surface area (Å²) in [5.41, 5.74) is 3.25. The van der Waals surface area contributed by atoms with Gasteiger partial charge in [-0.25, -0.2) is 15.0 Å². The van der Waals surface area contributed by atoms with Gasteiger partial charge in [-0.1, -0.05) is 30.3 Å². The molecule has 3 heterocycles. The highest BCUT2D eigenvalue weighted by Crippen LogP contribution is 2.21. The average Bonchev–Trinajstić information content (AvgIpc) is 3.07. The van der Waals surface area contributed by atoms with E-state index >= 15 is 0 Å². The Hall–Kier alpha value is -2.73. The van der Waals surface area contributed by atoms with Crippen molar-refractivity contribution in [2.45, 2.75) is 20.4 Å². The van der Waals surface area contributed by atoms with Crippen LogP contribution in [-0.2, 0) is 6.54 Å². The van der Waals surface area contributed by atoms with Crippen LogP contribution >= 0.6 is 0 Å². The van der Waals surface area contributed by atoms with E-state index < -0.39 is 0 Å². The Balaban J connectivity index is 1.45. The molecule has 4 rings (SSSR count). The number of nitrogens with one attached hydrogen (secondary N) is 1. The molecule has 0 saturated carbocycles. The van der Waals surface area contributed by atoms with E-state index in [2.05, 4.69) is 43.0 Å². The third kappa shape index (κ3) is 3.75. The van der Waals surface area contributed by atoms with Crippen LogP contribution in [0.25, 0.3) is 11.4 Å². The molecule has 1 fully saturated rings. The molecule has 0 atom stereocenters. The second kappa shape index (κ2) is 7.25. The van der Waals surface area contributed by atoms with E-state index in [-0.39, 0.29) is 0 Å². The van der Waals surface area contributed by atoms with Gasteiger partial charge in [0.15, 0.2) is 5.82 Å². The number of hydrogen-bond acceptors (Lipinski definition) is 5. The molecule has 2 aromatic heterocycles. The lowest BCUT2D eigenvalue weighted by molar-refractivity contribution is 0.247. The van der Waals surface area contributed by atoms with Gasteiger partial charge in [0.1, 0.15) is 11.6 Å². The second-order valence-corrected chi connectivity index (χ2v) is 6.81. The van der Waals surface area contributed by atoms with Gasteiger partial charge in [0.05, 0.1) is 0 Å². The molecular weight excluding hydrogens is 324 g/mol. The Morgan fingerprint density at radius 2 is 1.77 bits per heavy atom. The summed E-state index contributed by atoms with van der Waals surface area (Å²) in [7, 11) is 0. The van der Waals surface area contributed by atoms with Crippen LogP contribution in [0.2, 0.25) is 0 Å². The highest BCUT2D eigenvalue weighted by atomic mass is 15.3. The van der Waals surface area contributed by atoms with Gasteiger partial charge >= 0.3 is 0 Å². The van der Waals surface area contributed by atoms with Crippen LogP contribution in [0.1, 0.15) is 17.2 Å². The van der Waals surface area contributed by atoms with Crippen molar-refractivity contribution in [2.75, 3.05) is 31.1 Å². The maximum Gasteiger partial charge on any atom is 0.161 e. The van der Waals surface area contributed by atoms with Gasteiger partial charge < -0.3 is 9.88 Å². The molecule has 1 aromatic carbocycles. The first-order valence-electron chi connectivity index (χ1n) is 9.06. The molecule has 6 nitrogen and oxygen atoms in total. The van der Waals surface area contributed by atoms with E-state index in [0.29, 0.717) is 0 Å². The summed E-state index contributed by atoms with van der Waals surface area (Å²) in [6.07, 6.45) is 1.93. The Kier molecular flexibility index (Phi) is 4.67. The fourth-order valence-electron chi connectivity index (χ4n) is 3.36. The van der Waals surface area contributed by atoms with Gasteiger partial charge in [-0.2, -0.15) is 0 Å². The molecule has 1 aliphatic heterocycles. The number of imidazole rings is 1. The summed E-state index contributed by atoms with van der Waals surface area (Å²) in [6.45, 7) is 8.92. The summed E-state index contributed by atoms with van der Waals surface area (Å²) in [6, 6.07) is 12.3. The van der Waals surface area contributed by atoms with Gasteiger partial charge in [-0.3, -0.25) is 4.90 Å². The van der Waals surface area contributed by atoms with Crippen molar-refractivity contribution in [3.63, 3.8) is 0 Å². The lowest BCUT2D eigenvalue weighted by Crippen LogP contribution is -2.46. The van der Waals surface area contributed by atoms with Crippen molar-refractivity contribution in [1.29, 1.82) is 0 Å². The number of benzene rings is 1. The molecule has 3 aromatic rings. The molecule has 0 amide bonds. The van der Waals surface area contributed by atoms with Gasteiger partial charge in [-0.05, 0) is 13.8 Å². The zero-order valence-corrected chi connectivity index (χ0v) is 15.3. The Morgan fingerprint density at radius 3 is 2.46 bits per heavy atom. The van der Waals surface area contributed by atoms with Crippen LogP contribution in [0.4, 0.5) is 5.82 Å². The first-order valence-corrected chi connectivity index (χ1v) is 9.06. The molecule has 0 unspecified atom stereocenters. The topological polar surface area (TPSA) is 60.9 Å². The molecular formula is C20H24N6. The highest BCUT2D eigenvalue weighted by molar-refractivity contribution is 5.58. The number of aromatic nitrogens is 4. The summed E-state index contributed by atoms with van der Waals surface area (Å²) < 4.78 is 0. The SMILES string of the molecule is Cc1cc(N2CCN(Cc3cnc(C)[nH]3)CC2)nc(-c2ccccc2)n1. The monoisotopic (exact) mass is 348 g/mol. The van der Waals surface area contributed by atoms with Crippen LogP contribution < -0.4 is 4.90 Å². The number of rotatable bonds is 4. The minimum atomic E-state index is 0.802. The number of nitrogens with zero attached hydrogens (tertiary/aromatic N) is 5. The zero-order chi connectivity index (χ0) is 17.9. The molecule has 0 aliphatic carbocycles. The van der Waals surface area contributed by atoms with Crippen LogP contribution in [0, 0.1) is 13.8 Å². The lowest BCUT2D eigenvalue weighted by atomic mass is 10.2. The number of hydrogen-bond donors (Lipinski definition) is 1. The second-order valence-electron chi connectivity index (χ2n) is 6.81. The molecule has 0 radical (unpaired) electrons. The Labute approximate surface area is 153 Å². The Morgan fingerprint density at radius 1 is 1.00 bits per heavy atom. The fourth-order valence-corrected chi connectivity index (χ4v) is 3.36. The van der Waals surface area contributed by atoms with E-state index in [1.165, 1.54) is 5.69 Å². The normalized spacial score (nSPS) is 15.4. The molecule has 1 saturated heterocycles. The van der Waals surface area contributed by atoms with Crippen molar-refractivity contribution in [2.24, 2.45) is 0 Å². The van der Waals surface area contributed by atoms with E-state index in [1.54, 1.807) is 0 Å². The van der Waals surface area contributed by atoms with E-state index in [9.17, 15) is 0 Å². The van der Waals surface area contributed by atoms with Crippen LogP contribution in [-0.4, -0.2) is 51.0 Å². The number of piperazine rings is 1. The van der Waals surface area contributed by atoms with Crippen molar-refractivity contribution in [3.05, 3.63) is 59.8 Å². The van der Waals surface area contributed by atoms with Crippen molar-refractivity contribution < 1.29 is 0 Å². The molecule has 0 bridgehead atoms. The summed E-state index contributed by atoms with van der Waals surface area (Å²) in [4.78, 5) is 21.8. The number of aromatic amines is 1. The molecule has 0 spiro atoms. The van der Waals surface area contributed by atoms with Crippen LogP contribution in [0.3, 0.4) is 0 Å². The summed E-state index contributed by atoms with van der Waals surface area (Å²) in [5, 5.41) is 0. The zero-order valence-electron chi connectivity index (χ0n) is 15.3. The van der Waals surface area contributed by atoms with Gasteiger partial charge in [0.2, 0.25) is 0 Å². The number of H-pyrrole nitrogens is 1. The molecule has 1 aliphatic rings. The predicted molar refractivity (Wildman–Crippen MR) is 103 cm³/mol.